The monoisotopic (exact) mass is 296 g/mol. The van der Waals surface area contributed by atoms with Crippen LogP contribution in [0.5, 0.6) is 0 Å². The lowest BCUT2D eigenvalue weighted by Crippen LogP contribution is -1.96. The molecule has 0 spiro atoms. The third-order valence-corrected chi connectivity index (χ3v) is 2.22. The zero-order chi connectivity index (χ0) is 12.8. The summed E-state index contributed by atoms with van der Waals surface area (Å²) in [6.45, 7) is 0. The minimum atomic E-state index is 0.373. The van der Waals surface area contributed by atoms with Gasteiger partial charge in [-0.05, 0) is 34.1 Å². The maximum atomic E-state index is 5.40. The minimum Gasteiger partial charge on any atom is -0.396 e. The van der Waals surface area contributed by atoms with Gasteiger partial charge in [-0.2, -0.15) is 0 Å². The molecule has 90 valence electrons. The number of nitrogens with zero attached hydrogens (tertiary/aromatic N) is 2. The summed E-state index contributed by atoms with van der Waals surface area (Å²) in [6, 6.07) is 5.16. The standard InChI is InChI=1S/C5H6BrN3.C5H7N3/c6-3-1-4(7)5(8)9-2-3;6-4-2-1-3-8-5(4)7/h1-2H,7H2,(H2,8,9);1-3H,6H2,(H2,7,8). The molecule has 8 N–H and O–H groups in total. The summed E-state index contributed by atoms with van der Waals surface area (Å²) < 4.78 is 0.842. The van der Waals surface area contributed by atoms with E-state index in [1.165, 1.54) is 0 Å². The molecule has 0 aliphatic heterocycles. The van der Waals surface area contributed by atoms with Crippen molar-refractivity contribution < 1.29 is 0 Å². The largest absolute Gasteiger partial charge is 0.396 e. The van der Waals surface area contributed by atoms with Gasteiger partial charge in [-0.15, -0.1) is 0 Å². The predicted octanol–water partition coefficient (Wildman–Crippen LogP) is 1.25. The smallest absolute Gasteiger partial charge is 0.146 e. The van der Waals surface area contributed by atoms with Gasteiger partial charge in [-0.25, -0.2) is 9.97 Å². The zero-order valence-corrected chi connectivity index (χ0v) is 10.6. The van der Waals surface area contributed by atoms with Gasteiger partial charge in [0.2, 0.25) is 0 Å². The zero-order valence-electron chi connectivity index (χ0n) is 8.97. The summed E-state index contributed by atoms with van der Waals surface area (Å²) in [7, 11) is 0. The van der Waals surface area contributed by atoms with Crippen LogP contribution in [0.15, 0.2) is 35.1 Å². The first-order valence-corrected chi connectivity index (χ1v) is 5.42. The van der Waals surface area contributed by atoms with E-state index >= 15 is 0 Å². The van der Waals surface area contributed by atoms with Crippen molar-refractivity contribution in [2.75, 3.05) is 22.9 Å². The molecule has 0 fully saturated rings. The van der Waals surface area contributed by atoms with Crippen molar-refractivity contribution in [3.8, 4) is 0 Å². The molecule has 6 nitrogen and oxygen atoms in total. The van der Waals surface area contributed by atoms with E-state index in [-0.39, 0.29) is 0 Å². The number of hydrogen-bond acceptors (Lipinski definition) is 6. The number of rotatable bonds is 0. The van der Waals surface area contributed by atoms with Crippen molar-refractivity contribution in [3.63, 3.8) is 0 Å². The van der Waals surface area contributed by atoms with E-state index in [4.69, 9.17) is 22.9 Å². The Morgan fingerprint density at radius 3 is 2.00 bits per heavy atom. The SMILES string of the molecule is Nc1cc(Br)cnc1N.Nc1cccnc1N. The minimum absolute atomic E-state index is 0.373. The normalized spacial score (nSPS) is 9.24. The Balaban J connectivity index is 0.000000171. The van der Waals surface area contributed by atoms with Crippen molar-refractivity contribution in [1.29, 1.82) is 0 Å². The van der Waals surface area contributed by atoms with Crippen LogP contribution >= 0.6 is 15.9 Å². The summed E-state index contributed by atoms with van der Waals surface area (Å²) >= 11 is 3.20. The van der Waals surface area contributed by atoms with Crippen molar-refractivity contribution in [2.45, 2.75) is 0 Å². The number of aromatic nitrogens is 2. The van der Waals surface area contributed by atoms with Crippen LogP contribution in [-0.2, 0) is 0 Å². The lowest BCUT2D eigenvalue weighted by Gasteiger charge is -1.96. The second-order valence-electron chi connectivity index (χ2n) is 3.11. The molecule has 0 radical (unpaired) electrons. The molecule has 2 heterocycles. The topological polar surface area (TPSA) is 130 Å². The maximum absolute atomic E-state index is 5.40. The second-order valence-corrected chi connectivity index (χ2v) is 4.02. The molecular formula is C10H13BrN6. The van der Waals surface area contributed by atoms with Crippen LogP contribution in [0.4, 0.5) is 23.0 Å². The Morgan fingerprint density at radius 2 is 1.59 bits per heavy atom. The van der Waals surface area contributed by atoms with E-state index < -0.39 is 0 Å². The molecule has 2 aromatic rings. The summed E-state index contributed by atoms with van der Waals surface area (Å²) in [6.07, 6.45) is 3.21. The number of nitrogens with two attached hydrogens (primary N) is 4. The van der Waals surface area contributed by atoms with Crippen molar-refractivity contribution in [3.05, 3.63) is 35.1 Å². The molecule has 0 saturated carbocycles. The first kappa shape index (κ1) is 13.0. The molecule has 0 aliphatic rings. The maximum Gasteiger partial charge on any atom is 0.146 e. The van der Waals surface area contributed by atoms with Gasteiger partial charge in [-0.3, -0.25) is 0 Å². The van der Waals surface area contributed by atoms with Crippen LogP contribution < -0.4 is 22.9 Å². The first-order valence-electron chi connectivity index (χ1n) is 4.63. The highest BCUT2D eigenvalue weighted by Gasteiger charge is 1.93. The van der Waals surface area contributed by atoms with Gasteiger partial charge in [0.25, 0.3) is 0 Å². The van der Waals surface area contributed by atoms with Gasteiger partial charge in [-0.1, -0.05) is 0 Å². The third kappa shape index (κ3) is 4.15. The van der Waals surface area contributed by atoms with Gasteiger partial charge >= 0.3 is 0 Å². The third-order valence-electron chi connectivity index (χ3n) is 1.79. The molecule has 0 bridgehead atoms. The van der Waals surface area contributed by atoms with E-state index in [9.17, 15) is 0 Å². The average molecular weight is 297 g/mol. The molecule has 0 atom stereocenters. The van der Waals surface area contributed by atoms with Crippen molar-refractivity contribution in [1.82, 2.24) is 9.97 Å². The molecule has 0 aromatic carbocycles. The van der Waals surface area contributed by atoms with Crippen molar-refractivity contribution in [2.24, 2.45) is 0 Å². The predicted molar refractivity (Wildman–Crippen MR) is 73.8 cm³/mol. The van der Waals surface area contributed by atoms with Crippen LogP contribution in [0.2, 0.25) is 0 Å². The number of nitrogen functional groups attached to an aromatic ring is 4. The molecule has 7 heteroatoms. The van der Waals surface area contributed by atoms with E-state index in [1.807, 2.05) is 0 Å². The highest BCUT2D eigenvalue weighted by atomic mass is 79.9. The summed E-state index contributed by atoms with van der Waals surface area (Å²) in [5.74, 6) is 0.769. The molecule has 17 heavy (non-hydrogen) atoms. The van der Waals surface area contributed by atoms with Gasteiger partial charge in [0.1, 0.15) is 11.6 Å². The molecule has 0 aliphatic carbocycles. The molecule has 0 amide bonds. The highest BCUT2D eigenvalue weighted by molar-refractivity contribution is 9.10. The lowest BCUT2D eigenvalue weighted by atomic mass is 10.4. The molecule has 0 saturated heterocycles. The fourth-order valence-corrected chi connectivity index (χ4v) is 1.24. The fraction of sp³-hybridized carbons (Fsp3) is 0. The lowest BCUT2D eigenvalue weighted by molar-refractivity contribution is 1.32. The average Bonchev–Trinajstić information content (AvgIpc) is 2.29. The van der Waals surface area contributed by atoms with Gasteiger partial charge < -0.3 is 22.9 Å². The molecule has 2 aromatic heterocycles. The Hall–Kier alpha value is -2.02. The van der Waals surface area contributed by atoms with E-state index in [0.29, 0.717) is 23.0 Å². The molecule has 2 rings (SSSR count). The van der Waals surface area contributed by atoms with Crippen LogP contribution in [0.3, 0.4) is 0 Å². The molecular weight excluding hydrogens is 284 g/mol. The Labute approximate surface area is 107 Å². The van der Waals surface area contributed by atoms with Gasteiger partial charge in [0.15, 0.2) is 0 Å². The second kappa shape index (κ2) is 5.90. The van der Waals surface area contributed by atoms with Crippen LogP contribution in [0.1, 0.15) is 0 Å². The Kier molecular flexibility index (Phi) is 4.53. The van der Waals surface area contributed by atoms with E-state index in [2.05, 4.69) is 25.9 Å². The van der Waals surface area contributed by atoms with Crippen LogP contribution in [-0.4, -0.2) is 9.97 Å². The van der Waals surface area contributed by atoms with E-state index in [1.54, 1.807) is 30.6 Å². The Morgan fingerprint density at radius 1 is 0.941 bits per heavy atom. The number of hydrogen-bond donors (Lipinski definition) is 4. The van der Waals surface area contributed by atoms with Gasteiger partial charge in [0, 0.05) is 16.9 Å². The van der Waals surface area contributed by atoms with E-state index in [0.717, 1.165) is 4.47 Å². The number of pyridine rings is 2. The van der Waals surface area contributed by atoms with Crippen molar-refractivity contribution >= 4 is 38.9 Å². The quantitative estimate of drug-likeness (QED) is 0.579. The Bertz CT molecular complexity index is 481. The van der Waals surface area contributed by atoms with Gasteiger partial charge in [0.05, 0.1) is 11.4 Å². The van der Waals surface area contributed by atoms with Crippen LogP contribution in [0.25, 0.3) is 0 Å². The van der Waals surface area contributed by atoms with Crippen LogP contribution in [0, 0.1) is 0 Å². The number of halogens is 1. The summed E-state index contributed by atoms with van der Waals surface area (Å²) in [4.78, 5) is 7.52. The summed E-state index contributed by atoms with van der Waals surface area (Å²) in [5, 5.41) is 0. The molecule has 0 unspecified atom stereocenters. The number of anilines is 4. The highest BCUT2D eigenvalue weighted by Crippen LogP contribution is 2.16. The summed E-state index contributed by atoms with van der Waals surface area (Å²) in [5.41, 5.74) is 22.4. The first-order chi connectivity index (χ1) is 8.00. The fourth-order valence-electron chi connectivity index (χ4n) is 0.895.